The topological polar surface area (TPSA) is 98.4 Å². The van der Waals surface area contributed by atoms with Crippen LogP contribution in [0.4, 0.5) is 11.4 Å². The smallest absolute Gasteiger partial charge is 0.319 e. The van der Waals surface area contributed by atoms with Crippen molar-refractivity contribution in [2.75, 3.05) is 34.8 Å². The molecule has 39 heavy (non-hydrogen) atoms. The average molecular weight is 538 g/mol. The van der Waals surface area contributed by atoms with Gasteiger partial charge in [0.1, 0.15) is 12.2 Å². The summed E-state index contributed by atoms with van der Waals surface area (Å²) in [5.74, 6) is 1.41. The normalized spacial score (nSPS) is 17.3. The lowest BCUT2D eigenvalue weighted by Crippen LogP contribution is -2.35. The van der Waals surface area contributed by atoms with Gasteiger partial charge in [0.25, 0.3) is 10.8 Å². The van der Waals surface area contributed by atoms with E-state index in [-0.39, 0.29) is 5.91 Å². The van der Waals surface area contributed by atoms with Gasteiger partial charge in [0, 0.05) is 43.9 Å². The molecule has 1 amide bonds. The third-order valence-electron chi connectivity index (χ3n) is 7.10. The van der Waals surface area contributed by atoms with Gasteiger partial charge in [-0.05, 0) is 82.7 Å². The maximum Gasteiger partial charge on any atom is 0.319 e. The van der Waals surface area contributed by atoms with Crippen LogP contribution >= 0.6 is 0 Å². The van der Waals surface area contributed by atoms with E-state index in [0.29, 0.717) is 41.1 Å². The van der Waals surface area contributed by atoms with E-state index in [1.165, 1.54) is 20.0 Å². The number of rotatable bonds is 9. The molecule has 0 saturated heterocycles. The van der Waals surface area contributed by atoms with Crippen LogP contribution in [-0.2, 0) is 11.3 Å². The number of aryl methyl sites for hydroxylation is 2. The van der Waals surface area contributed by atoms with Gasteiger partial charge in [-0.2, -0.15) is 0 Å². The standard InChI is InChI=1S/C18H27N3O3.C12H17N3/c1-4-14-11-15(7-10-17(14)21(23)24-3)18(22)20-12-13-5-8-16(19-2)9-6-13;1-10-7-5-6-8-12(10)14-9-13-11(2)15(3)4/h7,10-11,13,16,19H,4-6,8-9,12H2,1-3H3;5-9H,1-4H3/p+1. The second kappa shape index (κ2) is 16.4. The summed E-state index contributed by atoms with van der Waals surface area (Å²) in [6.45, 7) is 6.65. The Morgan fingerprint density at radius 2 is 1.85 bits per heavy atom. The molecule has 1 aliphatic rings. The highest BCUT2D eigenvalue weighted by Gasteiger charge is 2.23. The SMILES string of the molecule is CC(=NC=Nc1ccccc1C)N(C)C.CCc1cc(C(=O)NCC2CCC(NC)CC2)ccc1[N+](=O)OC. The van der Waals surface area contributed by atoms with E-state index in [4.69, 9.17) is 4.84 Å². The van der Waals surface area contributed by atoms with Gasteiger partial charge in [0.2, 0.25) is 0 Å². The Labute approximate surface area is 233 Å². The molecule has 0 atom stereocenters. The molecule has 9 nitrogen and oxygen atoms in total. The minimum Gasteiger partial charge on any atom is -0.366 e. The third kappa shape index (κ3) is 10.2. The van der Waals surface area contributed by atoms with Crippen LogP contribution in [0.5, 0.6) is 0 Å². The fourth-order valence-electron chi connectivity index (χ4n) is 4.28. The monoisotopic (exact) mass is 537 g/mol. The molecule has 2 aromatic carbocycles. The maximum atomic E-state index is 12.4. The molecule has 2 N–H and O–H groups in total. The van der Waals surface area contributed by atoms with E-state index in [0.717, 1.165) is 35.5 Å². The van der Waals surface area contributed by atoms with Crippen molar-refractivity contribution in [3.8, 4) is 0 Å². The first kappa shape index (κ1) is 31.6. The molecule has 212 valence electrons. The Morgan fingerprint density at radius 3 is 2.44 bits per heavy atom. The predicted octanol–water partition coefficient (Wildman–Crippen LogP) is 5.36. The van der Waals surface area contributed by atoms with Gasteiger partial charge in [0.15, 0.2) is 7.11 Å². The van der Waals surface area contributed by atoms with Crippen molar-refractivity contribution in [1.82, 2.24) is 15.5 Å². The molecule has 1 aliphatic carbocycles. The first-order valence-electron chi connectivity index (χ1n) is 13.6. The van der Waals surface area contributed by atoms with Crippen molar-refractivity contribution in [2.45, 2.75) is 58.9 Å². The van der Waals surface area contributed by atoms with Gasteiger partial charge in [-0.25, -0.2) is 14.8 Å². The average Bonchev–Trinajstić information content (AvgIpc) is 2.96. The number of hydrogen-bond acceptors (Lipinski definition) is 5. The summed E-state index contributed by atoms with van der Waals surface area (Å²) in [5.41, 5.74) is 3.96. The number of nitrogens with one attached hydrogen (secondary N) is 2. The van der Waals surface area contributed by atoms with Crippen LogP contribution in [0.2, 0.25) is 0 Å². The van der Waals surface area contributed by atoms with Crippen molar-refractivity contribution in [3.63, 3.8) is 0 Å². The Morgan fingerprint density at radius 1 is 1.15 bits per heavy atom. The summed E-state index contributed by atoms with van der Waals surface area (Å²) in [6, 6.07) is 13.7. The van der Waals surface area contributed by atoms with Gasteiger partial charge < -0.3 is 15.5 Å². The molecule has 0 spiro atoms. The summed E-state index contributed by atoms with van der Waals surface area (Å²) >= 11 is 0. The lowest BCUT2D eigenvalue weighted by molar-refractivity contribution is -0.737. The Kier molecular flexibility index (Phi) is 13.3. The van der Waals surface area contributed by atoms with E-state index in [2.05, 4.69) is 20.6 Å². The number of amides is 1. The number of carbonyl (C=O) groups excluding carboxylic acids is 1. The second-order valence-corrected chi connectivity index (χ2v) is 9.95. The zero-order chi connectivity index (χ0) is 28.8. The first-order valence-corrected chi connectivity index (χ1v) is 13.6. The van der Waals surface area contributed by atoms with E-state index in [1.807, 2.05) is 71.1 Å². The van der Waals surface area contributed by atoms with E-state index in [9.17, 15) is 9.70 Å². The molecular weight excluding hydrogens is 492 g/mol. The summed E-state index contributed by atoms with van der Waals surface area (Å²) < 4.78 is 0. The van der Waals surface area contributed by atoms with Gasteiger partial charge in [-0.3, -0.25) is 4.79 Å². The van der Waals surface area contributed by atoms with Crippen LogP contribution in [0.15, 0.2) is 52.4 Å². The highest BCUT2D eigenvalue weighted by atomic mass is 16.8. The van der Waals surface area contributed by atoms with Crippen molar-refractivity contribution in [2.24, 2.45) is 15.9 Å². The van der Waals surface area contributed by atoms with E-state index in [1.54, 1.807) is 24.5 Å². The number of benzene rings is 2. The molecule has 3 rings (SSSR count). The molecule has 1 saturated carbocycles. The van der Waals surface area contributed by atoms with Gasteiger partial charge in [0.05, 0.1) is 10.6 Å². The molecule has 0 aromatic heterocycles. The van der Waals surface area contributed by atoms with Gasteiger partial charge >= 0.3 is 5.69 Å². The fraction of sp³-hybridized carbons (Fsp3) is 0.500. The lowest BCUT2D eigenvalue weighted by Gasteiger charge is -2.28. The molecule has 2 aromatic rings. The highest BCUT2D eigenvalue weighted by Crippen LogP contribution is 2.24. The van der Waals surface area contributed by atoms with E-state index < -0.39 is 0 Å². The van der Waals surface area contributed by atoms with Crippen LogP contribution < -0.4 is 10.6 Å². The Bertz CT molecular complexity index is 1140. The lowest BCUT2D eigenvalue weighted by atomic mass is 9.86. The first-order chi connectivity index (χ1) is 18.7. The number of carbonyl (C=O) groups is 1. The maximum absolute atomic E-state index is 12.4. The molecule has 0 unspecified atom stereocenters. The molecule has 9 heteroatoms. The minimum atomic E-state index is -0.0816. The van der Waals surface area contributed by atoms with Crippen LogP contribution in [0.3, 0.4) is 0 Å². The van der Waals surface area contributed by atoms with Crippen LogP contribution in [0, 0.1) is 17.7 Å². The minimum absolute atomic E-state index is 0.0816. The van der Waals surface area contributed by atoms with Gasteiger partial charge in [-0.1, -0.05) is 25.1 Å². The summed E-state index contributed by atoms with van der Waals surface area (Å²) in [5, 5.41) is 6.35. The van der Waals surface area contributed by atoms with Crippen molar-refractivity contribution in [1.29, 1.82) is 0 Å². The zero-order valence-electron chi connectivity index (χ0n) is 24.5. The second-order valence-electron chi connectivity index (χ2n) is 9.95. The Hall–Kier alpha value is -3.59. The van der Waals surface area contributed by atoms with E-state index >= 15 is 0 Å². The fourth-order valence-corrected chi connectivity index (χ4v) is 4.28. The molecule has 0 radical (unpaired) electrons. The number of amidine groups is 1. The molecular formula is C30H45N6O3+. The summed E-state index contributed by atoms with van der Waals surface area (Å²) in [7, 11) is 7.26. The van der Waals surface area contributed by atoms with Crippen molar-refractivity contribution >= 4 is 29.5 Å². The van der Waals surface area contributed by atoms with Crippen molar-refractivity contribution < 1.29 is 14.6 Å². The highest BCUT2D eigenvalue weighted by molar-refractivity contribution is 5.94. The predicted molar refractivity (Wildman–Crippen MR) is 159 cm³/mol. The zero-order valence-corrected chi connectivity index (χ0v) is 24.5. The number of hydrogen-bond donors (Lipinski definition) is 2. The molecule has 1 fully saturated rings. The largest absolute Gasteiger partial charge is 0.366 e. The van der Waals surface area contributed by atoms with Gasteiger partial charge in [-0.15, -0.1) is 0 Å². The summed E-state index contributed by atoms with van der Waals surface area (Å²) in [6.07, 6.45) is 6.88. The van der Waals surface area contributed by atoms with Crippen LogP contribution in [0.1, 0.15) is 61.0 Å². The molecule has 0 aliphatic heterocycles. The number of aliphatic imine (C=N–C) groups is 2. The third-order valence-corrected chi connectivity index (χ3v) is 7.10. The van der Waals surface area contributed by atoms with Crippen molar-refractivity contribution in [3.05, 3.63) is 64.1 Å². The quantitative estimate of drug-likeness (QED) is 0.255. The van der Waals surface area contributed by atoms with Crippen LogP contribution in [0.25, 0.3) is 0 Å². The van der Waals surface area contributed by atoms with Crippen LogP contribution in [-0.4, -0.2) is 68.7 Å². The molecule has 0 bridgehead atoms. The number of nitrogens with zero attached hydrogens (tertiary/aromatic N) is 4. The summed E-state index contributed by atoms with van der Waals surface area (Å²) in [4.78, 5) is 39.6. The molecule has 0 heterocycles. The Balaban J connectivity index is 0.000000306. The number of para-hydroxylation sites is 1.